The van der Waals surface area contributed by atoms with Gasteiger partial charge in [0.2, 0.25) is 5.69 Å². The molecule has 0 saturated heterocycles. The molecule has 1 aliphatic rings. The Morgan fingerprint density at radius 3 is 2.58 bits per heavy atom. The molecule has 0 atom stereocenters. The summed E-state index contributed by atoms with van der Waals surface area (Å²) >= 11 is 3.78. The highest BCUT2D eigenvalue weighted by Gasteiger charge is 2.30. The van der Waals surface area contributed by atoms with Crippen LogP contribution in [0.5, 0.6) is 0 Å². The highest BCUT2D eigenvalue weighted by Crippen LogP contribution is 2.50. The Kier molecular flexibility index (Phi) is 3.35. The number of aryl methyl sites for hydroxylation is 2. The van der Waals surface area contributed by atoms with Crippen LogP contribution in [0.4, 0.5) is 0 Å². The quantitative estimate of drug-likeness (QED) is 0.275. The van der Waals surface area contributed by atoms with E-state index in [1.54, 1.807) is 0 Å². The molecular weight excluding hydrogens is 354 g/mol. The van der Waals surface area contributed by atoms with Crippen LogP contribution in [0.25, 0.3) is 32.1 Å². The van der Waals surface area contributed by atoms with Crippen molar-refractivity contribution in [1.29, 1.82) is 0 Å². The molecule has 26 heavy (non-hydrogen) atoms. The molecule has 1 aliphatic heterocycles. The summed E-state index contributed by atoms with van der Waals surface area (Å²) in [4.78, 5) is 2.78. The third kappa shape index (κ3) is 2.20. The topological polar surface area (TPSA) is 3.88 Å². The van der Waals surface area contributed by atoms with Crippen molar-refractivity contribution in [2.24, 2.45) is 7.05 Å². The first kappa shape index (κ1) is 16.3. The van der Waals surface area contributed by atoms with E-state index >= 15 is 0 Å². The second-order valence-electron chi connectivity index (χ2n) is 8.27. The number of fused-ring (bicyclic) bond motifs is 3. The van der Waals surface area contributed by atoms with Gasteiger partial charge in [0.05, 0.1) is 10.9 Å². The van der Waals surface area contributed by atoms with Crippen LogP contribution in [0.1, 0.15) is 31.9 Å². The fourth-order valence-corrected chi connectivity index (χ4v) is 6.25. The number of pyridine rings is 1. The fourth-order valence-electron chi connectivity index (χ4n) is 4.03. The fraction of sp³-hybridized carbons (Fsp3) is 0.261. The van der Waals surface area contributed by atoms with E-state index in [0.29, 0.717) is 0 Å². The average Bonchev–Trinajstić information content (AvgIpc) is 3.05. The Morgan fingerprint density at radius 1 is 1.00 bits per heavy atom. The maximum atomic E-state index is 2.41. The lowest BCUT2D eigenvalue weighted by Crippen LogP contribution is -2.31. The van der Waals surface area contributed by atoms with Gasteiger partial charge in [0, 0.05) is 20.6 Å². The number of hydrogen-bond acceptors (Lipinski definition) is 2. The van der Waals surface area contributed by atoms with Crippen molar-refractivity contribution >= 4 is 44.0 Å². The third-order valence-electron chi connectivity index (χ3n) is 5.51. The number of nitrogens with zero attached hydrogens (tertiary/aromatic N) is 1. The number of hydrogen-bond donors (Lipinski definition) is 0. The van der Waals surface area contributed by atoms with Gasteiger partial charge in [-0.3, -0.25) is 0 Å². The van der Waals surface area contributed by atoms with Crippen LogP contribution in [-0.2, 0) is 12.5 Å². The van der Waals surface area contributed by atoms with E-state index in [2.05, 4.69) is 81.2 Å². The second kappa shape index (κ2) is 5.34. The average molecular weight is 377 g/mol. The van der Waals surface area contributed by atoms with Crippen molar-refractivity contribution in [2.75, 3.05) is 0 Å². The Bertz CT molecular complexity index is 1210. The van der Waals surface area contributed by atoms with E-state index in [1.807, 2.05) is 23.1 Å². The highest BCUT2D eigenvalue weighted by molar-refractivity contribution is 7.99. The second-order valence-corrected chi connectivity index (χ2v) is 10.3. The van der Waals surface area contributed by atoms with Crippen LogP contribution in [-0.4, -0.2) is 0 Å². The molecule has 1 nitrogen and oxygen atoms in total. The minimum Gasteiger partial charge on any atom is -0.200 e. The lowest BCUT2D eigenvalue weighted by Gasteiger charge is -2.24. The summed E-state index contributed by atoms with van der Waals surface area (Å²) in [7, 11) is 2.17. The minimum absolute atomic E-state index is 0.150. The van der Waals surface area contributed by atoms with Crippen LogP contribution in [0.3, 0.4) is 0 Å². The molecule has 4 aromatic rings. The van der Waals surface area contributed by atoms with Gasteiger partial charge in [0.25, 0.3) is 0 Å². The first-order valence-electron chi connectivity index (χ1n) is 9.00. The zero-order valence-corrected chi connectivity index (χ0v) is 17.4. The number of thiophene rings is 1. The van der Waals surface area contributed by atoms with Crippen molar-refractivity contribution < 1.29 is 4.57 Å². The first-order valence-corrected chi connectivity index (χ1v) is 10.7. The lowest BCUT2D eigenvalue weighted by molar-refractivity contribution is -0.659. The van der Waals surface area contributed by atoms with Crippen molar-refractivity contribution in [3.63, 3.8) is 0 Å². The summed E-state index contributed by atoms with van der Waals surface area (Å²) in [6.45, 7) is 9.17. The molecule has 2 aromatic carbocycles. The summed E-state index contributed by atoms with van der Waals surface area (Å²) < 4.78 is 3.69. The lowest BCUT2D eigenvalue weighted by atomic mass is 9.85. The number of benzene rings is 2. The van der Waals surface area contributed by atoms with E-state index in [4.69, 9.17) is 0 Å². The molecule has 0 spiro atoms. The molecule has 0 radical (unpaired) electrons. The van der Waals surface area contributed by atoms with Gasteiger partial charge in [-0.2, -0.15) is 0 Å². The SMILES string of the molecule is Cc1c2c(cc3sccc13)Sc1cc(C(C)(C)C)cc3cc[n+](C)c-2c13. The summed E-state index contributed by atoms with van der Waals surface area (Å²) in [6.07, 6.45) is 2.21. The zero-order valence-electron chi connectivity index (χ0n) is 15.8. The van der Waals surface area contributed by atoms with E-state index in [0.717, 1.165) is 0 Å². The van der Waals surface area contributed by atoms with E-state index in [-0.39, 0.29) is 5.41 Å². The van der Waals surface area contributed by atoms with Gasteiger partial charge >= 0.3 is 0 Å². The first-order chi connectivity index (χ1) is 12.3. The molecule has 5 rings (SSSR count). The largest absolute Gasteiger partial charge is 0.222 e. The third-order valence-corrected chi connectivity index (χ3v) is 7.45. The normalized spacial score (nSPS) is 13.4. The van der Waals surface area contributed by atoms with E-state index < -0.39 is 0 Å². The summed E-state index contributed by atoms with van der Waals surface area (Å²) in [6, 6.07) is 11.7. The molecule has 0 N–H and O–H groups in total. The van der Waals surface area contributed by atoms with Crippen LogP contribution in [0, 0.1) is 6.92 Å². The predicted octanol–water partition coefficient (Wildman–Crippen LogP) is 6.62. The Morgan fingerprint density at radius 2 is 1.81 bits per heavy atom. The Labute approximate surface area is 162 Å². The summed E-state index contributed by atoms with van der Waals surface area (Å²) in [5.74, 6) is 0. The predicted molar refractivity (Wildman–Crippen MR) is 114 cm³/mol. The van der Waals surface area contributed by atoms with Crippen molar-refractivity contribution in [2.45, 2.75) is 42.9 Å². The van der Waals surface area contributed by atoms with Gasteiger partial charge < -0.3 is 0 Å². The Hall–Kier alpha value is -1.84. The molecule has 0 amide bonds. The Balaban J connectivity index is 1.94. The van der Waals surface area contributed by atoms with E-state index in [1.165, 1.54) is 53.0 Å². The van der Waals surface area contributed by atoms with Crippen molar-refractivity contribution in [3.8, 4) is 11.3 Å². The van der Waals surface area contributed by atoms with Gasteiger partial charge in [0.15, 0.2) is 6.20 Å². The maximum Gasteiger partial charge on any atom is 0.222 e. The van der Waals surface area contributed by atoms with Crippen molar-refractivity contribution in [3.05, 3.63) is 53.0 Å². The molecule has 0 bridgehead atoms. The molecule has 0 unspecified atom stereocenters. The van der Waals surface area contributed by atoms with Crippen LogP contribution >= 0.6 is 23.1 Å². The van der Waals surface area contributed by atoms with Crippen LogP contribution in [0.2, 0.25) is 0 Å². The summed E-state index contributed by atoms with van der Waals surface area (Å²) in [5.41, 5.74) is 5.73. The molecule has 2 aromatic heterocycles. The van der Waals surface area contributed by atoms with Gasteiger partial charge in [0.1, 0.15) is 7.05 Å². The van der Waals surface area contributed by atoms with Gasteiger partial charge in [-0.05, 0) is 57.8 Å². The molecule has 130 valence electrons. The van der Waals surface area contributed by atoms with Crippen LogP contribution in [0.15, 0.2) is 51.7 Å². The zero-order chi connectivity index (χ0) is 18.2. The molecule has 3 heteroatoms. The monoisotopic (exact) mass is 376 g/mol. The van der Waals surface area contributed by atoms with Crippen molar-refractivity contribution in [1.82, 2.24) is 0 Å². The van der Waals surface area contributed by atoms with Gasteiger partial charge in [-0.15, -0.1) is 11.3 Å². The smallest absolute Gasteiger partial charge is 0.200 e. The molecular formula is C23H22NS2+. The minimum atomic E-state index is 0.150. The van der Waals surface area contributed by atoms with Gasteiger partial charge in [-0.25, -0.2) is 4.57 Å². The number of rotatable bonds is 0. The van der Waals surface area contributed by atoms with Crippen LogP contribution < -0.4 is 4.57 Å². The summed E-state index contributed by atoms with van der Waals surface area (Å²) in [5, 5.41) is 6.35. The number of aromatic nitrogens is 1. The van der Waals surface area contributed by atoms with E-state index in [9.17, 15) is 0 Å². The molecule has 3 heterocycles. The standard InChI is InChI=1S/C23H22NS2/c1-13-16-7-9-25-17(16)12-19-20(13)22-21-14(6-8-24(22)5)10-15(23(2,3)4)11-18(21)26-19/h6-12H,1-5H3/q+1. The van der Waals surface area contributed by atoms with Gasteiger partial charge in [-0.1, -0.05) is 38.6 Å². The molecule has 0 saturated carbocycles. The molecule has 0 fully saturated rings. The molecule has 0 aliphatic carbocycles. The maximum absolute atomic E-state index is 2.41. The highest BCUT2D eigenvalue weighted by atomic mass is 32.2.